The summed E-state index contributed by atoms with van der Waals surface area (Å²) < 4.78 is 144. The molecule has 0 aliphatic carbocycles. The highest BCUT2D eigenvalue weighted by atomic mass is 19.4. The molecule has 0 heterocycles. The van der Waals surface area contributed by atoms with Crippen molar-refractivity contribution in [2.75, 3.05) is 14.2 Å². The van der Waals surface area contributed by atoms with E-state index in [1.807, 2.05) is 0 Å². The van der Waals surface area contributed by atoms with E-state index in [-0.39, 0.29) is 28.5 Å². The Hall–Kier alpha value is -3.97. The van der Waals surface area contributed by atoms with E-state index in [9.17, 15) is 48.7 Å². The average molecular weight is 583 g/mol. The zero-order valence-electron chi connectivity index (χ0n) is 20.6. The first-order chi connectivity index (χ1) is 18.4. The molecule has 40 heavy (non-hydrogen) atoms. The van der Waals surface area contributed by atoms with Gasteiger partial charge in [-0.25, -0.2) is 9.18 Å². The van der Waals surface area contributed by atoms with Crippen molar-refractivity contribution < 1.29 is 58.2 Å². The van der Waals surface area contributed by atoms with Crippen LogP contribution in [0.1, 0.15) is 27.8 Å². The zero-order chi connectivity index (χ0) is 30.0. The average Bonchev–Trinajstić information content (AvgIpc) is 2.86. The fraction of sp³-hybridized carbons (Fsp3) is 0.269. The summed E-state index contributed by atoms with van der Waals surface area (Å²) in [6.45, 7) is -1.68. The minimum Gasteiger partial charge on any atom is -0.496 e. The van der Waals surface area contributed by atoms with E-state index in [0.717, 1.165) is 25.3 Å². The van der Waals surface area contributed by atoms with Crippen LogP contribution < -0.4 is 4.74 Å². The van der Waals surface area contributed by atoms with Crippen molar-refractivity contribution in [1.29, 1.82) is 0 Å². The summed E-state index contributed by atoms with van der Waals surface area (Å²) in [5.74, 6) is -0.741. The molecule has 14 heteroatoms. The van der Waals surface area contributed by atoms with Crippen LogP contribution in [0, 0.1) is 5.82 Å². The lowest BCUT2D eigenvalue weighted by atomic mass is 9.95. The number of benzene rings is 3. The molecule has 0 atom stereocenters. The molecule has 3 aromatic carbocycles. The molecule has 0 aliphatic heterocycles. The lowest BCUT2D eigenvalue weighted by Crippen LogP contribution is -2.30. The quantitative estimate of drug-likeness (QED) is 0.274. The summed E-state index contributed by atoms with van der Waals surface area (Å²) in [6, 6.07) is 6.14. The number of methoxy groups -OCH3 is 2. The summed E-state index contributed by atoms with van der Waals surface area (Å²) in [5, 5.41) is 0. The van der Waals surface area contributed by atoms with Crippen molar-refractivity contribution in [3.05, 3.63) is 88.2 Å². The van der Waals surface area contributed by atoms with Crippen molar-refractivity contribution in [1.82, 2.24) is 4.90 Å². The molecule has 216 valence electrons. The van der Waals surface area contributed by atoms with Crippen molar-refractivity contribution in [2.45, 2.75) is 31.6 Å². The van der Waals surface area contributed by atoms with Gasteiger partial charge in [0.2, 0.25) is 0 Å². The zero-order valence-corrected chi connectivity index (χ0v) is 20.6. The molecule has 3 rings (SSSR count). The first-order valence-corrected chi connectivity index (χ1v) is 11.1. The van der Waals surface area contributed by atoms with Gasteiger partial charge in [-0.15, -0.1) is 0 Å². The van der Waals surface area contributed by atoms with E-state index in [0.29, 0.717) is 29.2 Å². The van der Waals surface area contributed by atoms with Gasteiger partial charge in [0.15, 0.2) is 0 Å². The second kappa shape index (κ2) is 11.3. The van der Waals surface area contributed by atoms with Gasteiger partial charge in [0, 0.05) is 18.7 Å². The highest BCUT2D eigenvalue weighted by Gasteiger charge is 2.37. The molecule has 0 saturated heterocycles. The van der Waals surface area contributed by atoms with Gasteiger partial charge in [0.1, 0.15) is 11.6 Å². The van der Waals surface area contributed by atoms with Crippen LogP contribution >= 0.6 is 0 Å². The van der Waals surface area contributed by atoms with Crippen LogP contribution in [0.25, 0.3) is 11.1 Å². The number of hydrogen-bond donors (Lipinski definition) is 0. The van der Waals surface area contributed by atoms with Crippen LogP contribution in [0.3, 0.4) is 0 Å². The van der Waals surface area contributed by atoms with Crippen LogP contribution in [0.5, 0.6) is 5.75 Å². The van der Waals surface area contributed by atoms with Crippen LogP contribution in [-0.4, -0.2) is 25.2 Å². The molecule has 0 N–H and O–H groups in total. The standard InChI is InChI=1S/C26H19F10NO3/c1-39-22-6-4-19(27)11-21(22)20-5-3-16(24(28,29)30)9-15(20)13-37(23(38)40-2)12-14-7-17(25(31,32)33)10-18(8-14)26(34,35)36/h3-11H,12-13H2,1-2H3. The third-order valence-electron chi connectivity index (χ3n) is 5.70. The number of carbonyl (C=O) groups excluding carboxylic acids is 1. The van der Waals surface area contributed by atoms with Crippen LogP contribution in [0.15, 0.2) is 54.6 Å². The molecule has 0 spiro atoms. The Kier molecular flexibility index (Phi) is 8.60. The SMILES string of the molecule is COC(=O)N(Cc1cc(C(F)(F)F)cc(C(F)(F)F)c1)Cc1cc(C(F)(F)F)ccc1-c1cc(F)ccc1OC. The normalized spacial score (nSPS) is 12.3. The topological polar surface area (TPSA) is 38.8 Å². The van der Waals surface area contributed by atoms with E-state index < -0.39 is 65.8 Å². The summed E-state index contributed by atoms with van der Waals surface area (Å²) in [4.78, 5) is 13.2. The Balaban J connectivity index is 2.17. The van der Waals surface area contributed by atoms with E-state index in [1.54, 1.807) is 0 Å². The van der Waals surface area contributed by atoms with Crippen LogP contribution in [0.2, 0.25) is 0 Å². The smallest absolute Gasteiger partial charge is 0.416 e. The number of carbonyl (C=O) groups is 1. The number of hydrogen-bond acceptors (Lipinski definition) is 3. The third-order valence-corrected chi connectivity index (χ3v) is 5.70. The highest BCUT2D eigenvalue weighted by molar-refractivity contribution is 5.75. The summed E-state index contributed by atoms with van der Waals surface area (Å²) in [7, 11) is 2.08. The van der Waals surface area contributed by atoms with Crippen molar-refractivity contribution in [3.8, 4) is 16.9 Å². The molecule has 0 aliphatic rings. The predicted molar refractivity (Wildman–Crippen MR) is 121 cm³/mol. The molecule has 0 unspecified atom stereocenters. The number of rotatable bonds is 6. The predicted octanol–water partition coefficient (Wildman–Crippen LogP) is 8.33. The molecule has 3 aromatic rings. The first-order valence-electron chi connectivity index (χ1n) is 11.1. The lowest BCUT2D eigenvalue weighted by molar-refractivity contribution is -0.143. The van der Waals surface area contributed by atoms with E-state index in [4.69, 9.17) is 4.74 Å². The van der Waals surface area contributed by atoms with Gasteiger partial charge in [-0.05, 0) is 65.2 Å². The van der Waals surface area contributed by atoms with Gasteiger partial charge in [-0.1, -0.05) is 6.07 Å². The minimum absolute atomic E-state index is 0.0190. The molecule has 0 bridgehead atoms. The summed E-state index contributed by atoms with van der Waals surface area (Å²) >= 11 is 0. The summed E-state index contributed by atoms with van der Waals surface area (Å²) in [5.41, 5.74) is -5.42. The van der Waals surface area contributed by atoms with Crippen LogP contribution in [0.4, 0.5) is 48.7 Å². The van der Waals surface area contributed by atoms with Gasteiger partial charge < -0.3 is 9.47 Å². The Morgan fingerprint density at radius 2 is 1.27 bits per heavy atom. The molecule has 0 radical (unpaired) electrons. The van der Waals surface area contributed by atoms with E-state index >= 15 is 0 Å². The molecular weight excluding hydrogens is 564 g/mol. The molecule has 4 nitrogen and oxygen atoms in total. The second-order valence-corrected chi connectivity index (χ2v) is 8.45. The molecule has 1 amide bonds. The number of ether oxygens (including phenoxy) is 2. The van der Waals surface area contributed by atoms with Gasteiger partial charge >= 0.3 is 24.6 Å². The lowest BCUT2D eigenvalue weighted by Gasteiger charge is -2.25. The van der Waals surface area contributed by atoms with E-state index in [1.165, 1.54) is 13.2 Å². The Morgan fingerprint density at radius 3 is 1.77 bits per heavy atom. The monoisotopic (exact) mass is 583 g/mol. The van der Waals surface area contributed by atoms with Gasteiger partial charge in [-0.2, -0.15) is 39.5 Å². The van der Waals surface area contributed by atoms with Crippen molar-refractivity contribution >= 4 is 6.09 Å². The fourth-order valence-corrected chi connectivity index (χ4v) is 3.91. The number of halogens is 10. The van der Waals surface area contributed by atoms with Gasteiger partial charge in [0.05, 0.1) is 30.9 Å². The van der Waals surface area contributed by atoms with Gasteiger partial charge in [-0.3, -0.25) is 4.90 Å². The second-order valence-electron chi connectivity index (χ2n) is 8.45. The Morgan fingerprint density at radius 1 is 0.700 bits per heavy atom. The Bertz CT molecular complexity index is 1350. The number of amides is 1. The van der Waals surface area contributed by atoms with Crippen LogP contribution in [-0.2, 0) is 36.4 Å². The largest absolute Gasteiger partial charge is 0.496 e. The highest BCUT2D eigenvalue weighted by Crippen LogP contribution is 2.39. The Labute approximate surface area is 220 Å². The van der Waals surface area contributed by atoms with Crippen molar-refractivity contribution in [2.24, 2.45) is 0 Å². The maximum Gasteiger partial charge on any atom is 0.416 e. The molecular formula is C26H19F10NO3. The van der Waals surface area contributed by atoms with Crippen molar-refractivity contribution in [3.63, 3.8) is 0 Å². The maximum atomic E-state index is 14.1. The molecule has 0 saturated carbocycles. The number of nitrogens with zero attached hydrogens (tertiary/aromatic N) is 1. The minimum atomic E-state index is -5.17. The molecule has 0 aromatic heterocycles. The maximum absolute atomic E-state index is 14.1. The van der Waals surface area contributed by atoms with Gasteiger partial charge in [0.25, 0.3) is 0 Å². The number of alkyl halides is 9. The molecule has 0 fully saturated rings. The van der Waals surface area contributed by atoms with E-state index in [2.05, 4.69) is 4.74 Å². The first kappa shape index (κ1) is 30.6. The fourth-order valence-electron chi connectivity index (χ4n) is 3.91. The summed E-state index contributed by atoms with van der Waals surface area (Å²) in [6.07, 6.45) is -16.5. The third kappa shape index (κ3) is 7.16.